The van der Waals surface area contributed by atoms with Crippen LogP contribution in [0.4, 0.5) is 5.82 Å². The van der Waals surface area contributed by atoms with Gasteiger partial charge in [0.15, 0.2) is 5.69 Å². The number of nitrogens with two attached hydrogens (primary N) is 1. The Bertz CT molecular complexity index is 1210. The molecule has 3 N–H and O–H groups in total. The molecule has 0 unspecified atom stereocenters. The van der Waals surface area contributed by atoms with E-state index in [0.717, 1.165) is 5.56 Å². The highest BCUT2D eigenvalue weighted by Crippen LogP contribution is 2.24. The molecule has 156 valence electrons. The van der Waals surface area contributed by atoms with E-state index >= 15 is 0 Å². The van der Waals surface area contributed by atoms with Gasteiger partial charge in [-0.1, -0.05) is 73.7 Å². The van der Waals surface area contributed by atoms with E-state index in [0.29, 0.717) is 17.2 Å². The Morgan fingerprint density at radius 2 is 1.87 bits per heavy atom. The number of hydrazone groups is 1. The molecule has 2 aromatic heterocycles. The maximum atomic E-state index is 13.0. The third kappa shape index (κ3) is 4.17. The van der Waals surface area contributed by atoms with Crippen LogP contribution in [0.5, 0.6) is 0 Å². The van der Waals surface area contributed by atoms with E-state index in [-0.39, 0.29) is 17.3 Å². The van der Waals surface area contributed by atoms with Crippen LogP contribution in [0.2, 0.25) is 0 Å². The summed E-state index contributed by atoms with van der Waals surface area (Å²) in [4.78, 5) is 13.0. The fraction of sp³-hybridized carbons (Fsp3) is 0.143. The predicted molar refractivity (Wildman–Crippen MR) is 115 cm³/mol. The van der Waals surface area contributed by atoms with Crippen LogP contribution in [0.3, 0.4) is 0 Å². The zero-order chi connectivity index (χ0) is 21.8. The number of carbonyl (C=O) groups excluding carboxylic acids is 1. The lowest BCUT2D eigenvalue weighted by Gasteiger charge is -2.05. The maximum absolute atomic E-state index is 13.0. The highest BCUT2D eigenvalue weighted by Gasteiger charge is 2.25. The third-order valence-electron chi connectivity index (χ3n) is 4.61. The van der Waals surface area contributed by atoms with E-state index in [2.05, 4.69) is 49.6 Å². The molecular weight excluding hydrogens is 396 g/mol. The Morgan fingerprint density at radius 1 is 1.13 bits per heavy atom. The van der Waals surface area contributed by atoms with Crippen molar-refractivity contribution in [1.29, 1.82) is 0 Å². The van der Waals surface area contributed by atoms with Gasteiger partial charge in [0.2, 0.25) is 11.6 Å². The molecule has 0 spiro atoms. The highest BCUT2D eigenvalue weighted by molar-refractivity contribution is 5.99. The number of rotatable bonds is 6. The molecule has 10 nitrogen and oxygen atoms in total. The highest BCUT2D eigenvalue weighted by atomic mass is 16.6. The van der Waals surface area contributed by atoms with Crippen molar-refractivity contribution < 1.29 is 9.42 Å². The van der Waals surface area contributed by atoms with Gasteiger partial charge in [-0.25, -0.2) is 10.1 Å². The van der Waals surface area contributed by atoms with Crippen molar-refractivity contribution in [1.82, 2.24) is 30.7 Å². The molecule has 0 aliphatic heterocycles. The van der Waals surface area contributed by atoms with Gasteiger partial charge in [-0.2, -0.15) is 9.78 Å². The van der Waals surface area contributed by atoms with Crippen LogP contribution in [0.25, 0.3) is 17.1 Å². The van der Waals surface area contributed by atoms with Crippen LogP contribution in [0, 0.1) is 0 Å². The number of nitrogen functional groups attached to an aromatic ring is 1. The smallest absolute Gasteiger partial charge is 0.292 e. The van der Waals surface area contributed by atoms with Crippen LogP contribution in [-0.4, -0.2) is 37.4 Å². The van der Waals surface area contributed by atoms with Gasteiger partial charge in [-0.15, -0.1) is 5.10 Å². The van der Waals surface area contributed by atoms with Crippen molar-refractivity contribution in [3.63, 3.8) is 0 Å². The number of anilines is 1. The van der Waals surface area contributed by atoms with Crippen LogP contribution in [-0.2, 0) is 0 Å². The van der Waals surface area contributed by atoms with E-state index in [1.54, 1.807) is 6.21 Å². The van der Waals surface area contributed by atoms with E-state index in [9.17, 15) is 4.79 Å². The Labute approximate surface area is 177 Å². The number of hydrogen-bond donors (Lipinski definition) is 2. The molecule has 0 saturated heterocycles. The second-order valence-corrected chi connectivity index (χ2v) is 7.06. The second-order valence-electron chi connectivity index (χ2n) is 7.06. The first-order chi connectivity index (χ1) is 15.0. The van der Waals surface area contributed by atoms with Gasteiger partial charge in [-0.3, -0.25) is 4.79 Å². The summed E-state index contributed by atoms with van der Waals surface area (Å²) in [5.74, 6) is -0.0602. The molecule has 4 aromatic rings. The number of nitrogens with one attached hydrogen (secondary N) is 1. The largest absolute Gasteiger partial charge is 0.378 e. The first kappa shape index (κ1) is 20.0. The summed E-state index contributed by atoms with van der Waals surface area (Å²) in [7, 11) is 0. The molecule has 0 radical (unpaired) electrons. The molecule has 2 heterocycles. The number of aromatic nitrogens is 5. The minimum Gasteiger partial charge on any atom is -0.378 e. The molecule has 0 atom stereocenters. The summed E-state index contributed by atoms with van der Waals surface area (Å²) in [6.45, 7) is 4.25. The quantitative estimate of drug-likeness (QED) is 0.364. The molecule has 31 heavy (non-hydrogen) atoms. The minimum absolute atomic E-state index is 0.0210. The van der Waals surface area contributed by atoms with Gasteiger partial charge in [0.05, 0.1) is 6.21 Å². The van der Waals surface area contributed by atoms with E-state index in [4.69, 9.17) is 5.73 Å². The lowest BCUT2D eigenvalue weighted by Crippen LogP contribution is -2.22. The van der Waals surface area contributed by atoms with Gasteiger partial charge in [0, 0.05) is 5.56 Å². The molecule has 0 aliphatic rings. The standard InChI is InChI=1S/C21H20N8O2/c1-13(2)15-10-8-14(9-11-15)12-23-25-21(30)18-17(16-6-4-3-5-7-16)24-28-29(18)20-19(22)26-31-27-20/h3-13H,1-2H3,(H2,22,26)(H,25,30)/b23-12+. The van der Waals surface area contributed by atoms with Gasteiger partial charge in [0.25, 0.3) is 5.91 Å². The summed E-state index contributed by atoms with van der Waals surface area (Å²) in [5, 5.41) is 19.5. The monoisotopic (exact) mass is 416 g/mol. The first-order valence-corrected chi connectivity index (χ1v) is 9.57. The zero-order valence-corrected chi connectivity index (χ0v) is 16.9. The first-order valence-electron chi connectivity index (χ1n) is 9.57. The minimum atomic E-state index is -0.540. The predicted octanol–water partition coefficient (Wildman–Crippen LogP) is 2.79. The molecule has 10 heteroatoms. The topological polar surface area (TPSA) is 137 Å². The van der Waals surface area contributed by atoms with E-state index in [1.165, 1.54) is 10.2 Å². The van der Waals surface area contributed by atoms with Crippen molar-refractivity contribution in [2.75, 3.05) is 5.73 Å². The van der Waals surface area contributed by atoms with Gasteiger partial charge >= 0.3 is 0 Å². The average Bonchev–Trinajstić information content (AvgIpc) is 3.40. The van der Waals surface area contributed by atoms with Crippen molar-refractivity contribution in [3.05, 3.63) is 71.4 Å². The Hall–Kier alpha value is -4.34. The SMILES string of the molecule is CC(C)c1ccc(/C=N/NC(=O)c2c(-c3ccccc3)nnn2-c2nonc2N)cc1. The lowest BCUT2D eigenvalue weighted by molar-refractivity contribution is 0.0948. The average molecular weight is 416 g/mol. The molecule has 0 aliphatic carbocycles. The Morgan fingerprint density at radius 3 is 2.52 bits per heavy atom. The summed E-state index contributed by atoms with van der Waals surface area (Å²) >= 11 is 0. The molecule has 0 bridgehead atoms. The van der Waals surface area contributed by atoms with Crippen LogP contribution >= 0.6 is 0 Å². The molecule has 1 amide bonds. The molecule has 0 fully saturated rings. The number of benzene rings is 2. The van der Waals surface area contributed by atoms with E-state index < -0.39 is 5.91 Å². The lowest BCUT2D eigenvalue weighted by atomic mass is 10.0. The van der Waals surface area contributed by atoms with Crippen LogP contribution in [0.1, 0.15) is 41.4 Å². The third-order valence-corrected chi connectivity index (χ3v) is 4.61. The van der Waals surface area contributed by atoms with Crippen LogP contribution in [0.15, 0.2) is 64.3 Å². The number of carbonyl (C=O) groups is 1. The van der Waals surface area contributed by atoms with Crippen molar-refractivity contribution in [2.45, 2.75) is 19.8 Å². The second kappa shape index (κ2) is 8.57. The number of nitrogens with zero attached hydrogens (tertiary/aromatic N) is 6. The van der Waals surface area contributed by atoms with Gasteiger partial charge in [-0.05, 0) is 27.4 Å². The summed E-state index contributed by atoms with van der Waals surface area (Å²) < 4.78 is 5.82. The summed E-state index contributed by atoms with van der Waals surface area (Å²) in [5.41, 5.74) is 11.5. The fourth-order valence-corrected chi connectivity index (χ4v) is 2.95. The fourth-order valence-electron chi connectivity index (χ4n) is 2.95. The number of hydrogen-bond acceptors (Lipinski definition) is 8. The molecule has 0 saturated carbocycles. The summed E-state index contributed by atoms with van der Waals surface area (Å²) in [6, 6.07) is 17.1. The van der Waals surface area contributed by atoms with Crippen molar-refractivity contribution in [3.8, 4) is 17.1 Å². The van der Waals surface area contributed by atoms with Crippen LogP contribution < -0.4 is 11.2 Å². The zero-order valence-electron chi connectivity index (χ0n) is 16.9. The maximum Gasteiger partial charge on any atom is 0.292 e. The van der Waals surface area contributed by atoms with Crippen molar-refractivity contribution in [2.24, 2.45) is 5.10 Å². The van der Waals surface area contributed by atoms with Gasteiger partial charge in [0.1, 0.15) is 5.69 Å². The van der Waals surface area contributed by atoms with Gasteiger partial charge < -0.3 is 5.73 Å². The molecule has 4 rings (SSSR count). The van der Waals surface area contributed by atoms with E-state index in [1.807, 2.05) is 54.6 Å². The molecule has 2 aromatic carbocycles. The Balaban J connectivity index is 1.63. The Kier molecular flexibility index (Phi) is 5.52. The van der Waals surface area contributed by atoms with Crippen molar-refractivity contribution >= 4 is 17.9 Å². The number of amides is 1. The normalized spacial score (nSPS) is 11.3. The molecular formula is C21H20N8O2. The summed E-state index contributed by atoms with van der Waals surface area (Å²) in [6.07, 6.45) is 1.56.